The summed E-state index contributed by atoms with van der Waals surface area (Å²) in [6.07, 6.45) is 1.78. The van der Waals surface area contributed by atoms with Gasteiger partial charge in [-0.05, 0) is 48.7 Å². The van der Waals surface area contributed by atoms with Gasteiger partial charge in [-0.3, -0.25) is 4.79 Å². The Labute approximate surface area is 199 Å². The monoisotopic (exact) mass is 465 g/mol. The molecule has 0 aromatic heterocycles. The number of likely N-dealkylation sites (N-methyl/N-ethyl adjacent to an activating group) is 1. The fourth-order valence-electron chi connectivity index (χ4n) is 4.52. The lowest BCUT2D eigenvalue weighted by molar-refractivity contribution is -0.142. The first kappa shape index (κ1) is 23.8. The number of carboxylic acid groups (broad SMARTS) is 1. The molecule has 34 heavy (non-hydrogen) atoms. The minimum absolute atomic E-state index is 0.0784. The van der Waals surface area contributed by atoms with E-state index in [2.05, 4.69) is 22.8 Å². The zero-order chi connectivity index (χ0) is 24.2. The number of carbonyl (C=O) groups excluding carboxylic acids is 2. The van der Waals surface area contributed by atoms with E-state index in [1.54, 1.807) is 19.0 Å². The summed E-state index contributed by atoms with van der Waals surface area (Å²) in [5, 5.41) is 14.7. The van der Waals surface area contributed by atoms with Crippen LogP contribution in [0, 0.1) is 5.92 Å². The van der Waals surface area contributed by atoms with Crippen LogP contribution in [0.3, 0.4) is 0 Å². The van der Waals surface area contributed by atoms with E-state index >= 15 is 0 Å². The number of ether oxygens (including phenoxy) is 1. The molecule has 2 amide bonds. The van der Waals surface area contributed by atoms with E-state index in [0.717, 1.165) is 35.1 Å². The van der Waals surface area contributed by atoms with Crippen LogP contribution in [0.4, 0.5) is 4.79 Å². The van der Waals surface area contributed by atoms with Gasteiger partial charge in [-0.2, -0.15) is 0 Å². The Morgan fingerprint density at radius 3 is 2.09 bits per heavy atom. The predicted octanol–water partition coefficient (Wildman–Crippen LogP) is 2.82. The highest BCUT2D eigenvalue weighted by atomic mass is 16.5. The molecule has 0 bridgehead atoms. The molecule has 2 aromatic rings. The number of nitrogens with one attached hydrogen (secondary N) is 2. The quantitative estimate of drug-likeness (QED) is 0.498. The number of aliphatic carboxylic acids is 1. The molecule has 0 radical (unpaired) electrons. The van der Waals surface area contributed by atoms with E-state index in [1.807, 2.05) is 36.4 Å². The van der Waals surface area contributed by atoms with Gasteiger partial charge in [-0.15, -0.1) is 0 Å². The Morgan fingerprint density at radius 1 is 0.971 bits per heavy atom. The summed E-state index contributed by atoms with van der Waals surface area (Å²) >= 11 is 0. The van der Waals surface area contributed by atoms with Crippen molar-refractivity contribution >= 4 is 18.0 Å². The van der Waals surface area contributed by atoms with Crippen LogP contribution in [-0.2, 0) is 14.3 Å². The first-order chi connectivity index (χ1) is 16.3. The zero-order valence-corrected chi connectivity index (χ0v) is 19.5. The fraction of sp³-hybridized carbons (Fsp3) is 0.423. The molecular weight excluding hydrogens is 434 g/mol. The Balaban J connectivity index is 1.40. The second kappa shape index (κ2) is 10.3. The van der Waals surface area contributed by atoms with E-state index in [0.29, 0.717) is 12.3 Å². The average molecular weight is 466 g/mol. The van der Waals surface area contributed by atoms with Gasteiger partial charge >= 0.3 is 12.1 Å². The summed E-state index contributed by atoms with van der Waals surface area (Å²) < 4.78 is 5.58. The second-order valence-electron chi connectivity index (χ2n) is 9.36. The Hall–Kier alpha value is -3.39. The van der Waals surface area contributed by atoms with E-state index < -0.39 is 30.1 Å². The van der Waals surface area contributed by atoms with Crippen molar-refractivity contribution in [2.45, 2.75) is 37.3 Å². The summed E-state index contributed by atoms with van der Waals surface area (Å²) in [6.45, 7) is 0.304. The number of nitrogens with zero attached hydrogens (tertiary/aromatic N) is 1. The number of benzene rings is 2. The molecule has 8 nitrogen and oxygen atoms in total. The molecule has 0 spiro atoms. The maximum absolute atomic E-state index is 12.9. The van der Waals surface area contributed by atoms with Crippen LogP contribution in [0.25, 0.3) is 11.1 Å². The van der Waals surface area contributed by atoms with Crippen LogP contribution < -0.4 is 10.6 Å². The molecule has 2 atom stereocenters. The highest BCUT2D eigenvalue weighted by Crippen LogP contribution is 2.44. The summed E-state index contributed by atoms with van der Waals surface area (Å²) in [6, 6.07) is 14.2. The number of hydrogen-bond acceptors (Lipinski definition) is 5. The highest BCUT2D eigenvalue weighted by Gasteiger charge is 2.34. The van der Waals surface area contributed by atoms with Gasteiger partial charge in [0.1, 0.15) is 18.7 Å². The SMILES string of the molecule is CN(C)CC(NC(=O)C(CC1CC1)NC(=O)OCC1c2ccccc2-c2ccccc21)C(=O)O. The van der Waals surface area contributed by atoms with Gasteiger partial charge in [-0.25, -0.2) is 9.59 Å². The number of fused-ring (bicyclic) bond motifs is 3. The van der Waals surface area contributed by atoms with Crippen molar-refractivity contribution in [3.05, 3.63) is 59.7 Å². The number of hydrogen-bond donors (Lipinski definition) is 3. The molecule has 0 saturated heterocycles. The van der Waals surface area contributed by atoms with Gasteiger partial charge in [0.25, 0.3) is 0 Å². The van der Waals surface area contributed by atoms with Crippen LogP contribution in [0.5, 0.6) is 0 Å². The van der Waals surface area contributed by atoms with Crippen molar-refractivity contribution in [2.24, 2.45) is 5.92 Å². The van der Waals surface area contributed by atoms with Gasteiger partial charge < -0.3 is 25.4 Å². The van der Waals surface area contributed by atoms with Crippen molar-refractivity contribution < 1.29 is 24.2 Å². The summed E-state index contributed by atoms with van der Waals surface area (Å²) in [7, 11) is 3.47. The third-order valence-electron chi connectivity index (χ3n) is 6.38. The third-order valence-corrected chi connectivity index (χ3v) is 6.38. The van der Waals surface area contributed by atoms with E-state index in [9.17, 15) is 19.5 Å². The normalized spacial score (nSPS) is 16.3. The van der Waals surface area contributed by atoms with Crippen LogP contribution in [-0.4, -0.2) is 67.3 Å². The van der Waals surface area contributed by atoms with Gasteiger partial charge in [0, 0.05) is 12.5 Å². The van der Waals surface area contributed by atoms with E-state index in [-0.39, 0.29) is 19.1 Å². The molecule has 2 aromatic carbocycles. The van der Waals surface area contributed by atoms with Crippen molar-refractivity contribution in [3.8, 4) is 11.1 Å². The highest BCUT2D eigenvalue weighted by molar-refractivity contribution is 5.89. The van der Waals surface area contributed by atoms with Crippen LogP contribution in [0.2, 0.25) is 0 Å². The maximum atomic E-state index is 12.9. The second-order valence-corrected chi connectivity index (χ2v) is 9.36. The number of amides is 2. The van der Waals surface area contributed by atoms with Crippen molar-refractivity contribution in [1.82, 2.24) is 15.5 Å². The van der Waals surface area contributed by atoms with Gasteiger partial charge in [0.05, 0.1) is 0 Å². The largest absolute Gasteiger partial charge is 0.480 e. The molecule has 1 fully saturated rings. The lowest BCUT2D eigenvalue weighted by atomic mass is 9.98. The van der Waals surface area contributed by atoms with Gasteiger partial charge in [0.2, 0.25) is 5.91 Å². The van der Waals surface area contributed by atoms with Crippen molar-refractivity contribution in [3.63, 3.8) is 0 Å². The maximum Gasteiger partial charge on any atom is 0.407 e. The van der Waals surface area contributed by atoms with Gasteiger partial charge in [0.15, 0.2) is 0 Å². The third kappa shape index (κ3) is 5.56. The Morgan fingerprint density at radius 2 is 1.56 bits per heavy atom. The minimum atomic E-state index is -1.12. The molecule has 4 rings (SSSR count). The first-order valence-electron chi connectivity index (χ1n) is 11.6. The molecule has 2 aliphatic carbocycles. The summed E-state index contributed by atoms with van der Waals surface area (Å²) in [5.74, 6) is -1.35. The smallest absolute Gasteiger partial charge is 0.407 e. The fourth-order valence-corrected chi connectivity index (χ4v) is 4.52. The molecule has 2 aliphatic rings. The number of alkyl carbamates (subject to hydrolysis) is 1. The van der Waals surface area contributed by atoms with Crippen molar-refractivity contribution in [2.75, 3.05) is 27.2 Å². The molecular formula is C26H31N3O5. The van der Waals surface area contributed by atoms with Crippen molar-refractivity contribution in [1.29, 1.82) is 0 Å². The number of rotatable bonds is 10. The lowest BCUT2D eigenvalue weighted by Gasteiger charge is -2.23. The van der Waals surface area contributed by atoms with Gasteiger partial charge in [-0.1, -0.05) is 61.4 Å². The molecule has 180 valence electrons. The topological polar surface area (TPSA) is 108 Å². The standard InChI is InChI=1S/C26H31N3O5/c1-29(2)14-23(25(31)32)27-24(30)22(13-16-11-12-16)28-26(33)34-15-21-19-9-5-3-7-17(19)18-8-4-6-10-20(18)21/h3-10,16,21-23H,11-15H2,1-2H3,(H,27,30)(H,28,33)(H,31,32). The molecule has 8 heteroatoms. The minimum Gasteiger partial charge on any atom is -0.480 e. The molecule has 1 saturated carbocycles. The van der Waals surface area contributed by atoms with Crippen LogP contribution in [0.1, 0.15) is 36.3 Å². The molecule has 2 unspecified atom stereocenters. The zero-order valence-electron chi connectivity index (χ0n) is 19.5. The Kier molecular flexibility index (Phi) is 7.17. The Bertz CT molecular complexity index is 1020. The number of carbonyl (C=O) groups is 3. The molecule has 0 aliphatic heterocycles. The summed E-state index contributed by atoms with van der Waals surface area (Å²) in [5.41, 5.74) is 4.49. The number of carboxylic acids is 1. The first-order valence-corrected chi connectivity index (χ1v) is 11.6. The van der Waals surface area contributed by atoms with E-state index in [1.165, 1.54) is 0 Å². The lowest BCUT2D eigenvalue weighted by Crippen LogP contribution is -2.54. The van der Waals surface area contributed by atoms with Crippen LogP contribution >= 0.6 is 0 Å². The molecule has 3 N–H and O–H groups in total. The summed E-state index contributed by atoms with van der Waals surface area (Å²) in [4.78, 5) is 38.8. The van der Waals surface area contributed by atoms with E-state index in [4.69, 9.17) is 4.74 Å². The average Bonchev–Trinajstić information content (AvgIpc) is 3.57. The molecule has 0 heterocycles. The van der Waals surface area contributed by atoms with Crippen LogP contribution in [0.15, 0.2) is 48.5 Å². The predicted molar refractivity (Wildman–Crippen MR) is 127 cm³/mol.